The highest BCUT2D eigenvalue weighted by Crippen LogP contribution is 2.19. The second-order valence-electron chi connectivity index (χ2n) is 4.55. The summed E-state index contributed by atoms with van der Waals surface area (Å²) in [6.07, 6.45) is 0. The third-order valence-electron chi connectivity index (χ3n) is 3.19. The van der Waals surface area contributed by atoms with Crippen LogP contribution in [0.4, 0.5) is 14.5 Å². The molecule has 6 heteroatoms. The quantitative estimate of drug-likeness (QED) is 0.351. The Morgan fingerprint density at radius 2 is 2.05 bits per heavy atom. The Morgan fingerprint density at radius 3 is 2.76 bits per heavy atom. The molecule has 0 saturated heterocycles. The highest BCUT2D eigenvalue weighted by Gasteiger charge is 2.10. The van der Waals surface area contributed by atoms with E-state index in [1.54, 1.807) is 19.1 Å². The Bertz CT molecular complexity index is 687. The molecule has 0 atom stereocenters. The van der Waals surface area contributed by atoms with Crippen LogP contribution >= 0.6 is 0 Å². The summed E-state index contributed by atoms with van der Waals surface area (Å²) in [5.74, 6) is -0.972. The van der Waals surface area contributed by atoms with Gasteiger partial charge in [-0.05, 0) is 36.8 Å². The van der Waals surface area contributed by atoms with Gasteiger partial charge in [0.1, 0.15) is 11.6 Å². The predicted molar refractivity (Wildman–Crippen MR) is 77.4 cm³/mol. The first-order valence-corrected chi connectivity index (χ1v) is 6.28. The minimum absolute atomic E-state index is 0.178. The standard InChI is InChI=1S/C15H15F2N3O/c1-9-13(17)3-2-4-14(9)19-8-10-5-6-11(16)7-12(10)15(18)20-21/h2-7,19,21H,8H2,1H3,(H2,18,20). The smallest absolute Gasteiger partial charge is 0.170 e. The van der Waals surface area contributed by atoms with Crippen LogP contribution < -0.4 is 11.1 Å². The molecule has 2 aromatic carbocycles. The first kappa shape index (κ1) is 14.8. The zero-order chi connectivity index (χ0) is 15.4. The van der Waals surface area contributed by atoms with Crippen molar-refractivity contribution in [2.45, 2.75) is 13.5 Å². The van der Waals surface area contributed by atoms with E-state index in [1.165, 1.54) is 24.3 Å². The molecule has 4 N–H and O–H groups in total. The average Bonchev–Trinajstić information content (AvgIpc) is 2.49. The number of benzene rings is 2. The largest absolute Gasteiger partial charge is 0.409 e. The summed E-state index contributed by atoms with van der Waals surface area (Å²) >= 11 is 0. The second-order valence-corrected chi connectivity index (χ2v) is 4.55. The maximum absolute atomic E-state index is 13.5. The van der Waals surface area contributed by atoms with E-state index in [-0.39, 0.29) is 18.2 Å². The van der Waals surface area contributed by atoms with Crippen LogP contribution in [0.1, 0.15) is 16.7 Å². The van der Waals surface area contributed by atoms with Crippen molar-refractivity contribution in [2.75, 3.05) is 5.32 Å². The molecule has 0 aliphatic rings. The molecule has 0 fully saturated rings. The number of nitrogens with zero attached hydrogens (tertiary/aromatic N) is 1. The van der Waals surface area contributed by atoms with Gasteiger partial charge in [0.2, 0.25) is 0 Å². The van der Waals surface area contributed by atoms with E-state index in [1.807, 2.05) is 0 Å². The van der Waals surface area contributed by atoms with E-state index >= 15 is 0 Å². The molecule has 0 aromatic heterocycles. The van der Waals surface area contributed by atoms with Gasteiger partial charge in [0.15, 0.2) is 5.84 Å². The van der Waals surface area contributed by atoms with Crippen molar-refractivity contribution in [1.82, 2.24) is 0 Å². The van der Waals surface area contributed by atoms with Crippen LogP contribution in [0, 0.1) is 18.6 Å². The van der Waals surface area contributed by atoms with Gasteiger partial charge in [0.05, 0.1) is 0 Å². The normalized spacial score (nSPS) is 11.5. The molecule has 0 aliphatic heterocycles. The van der Waals surface area contributed by atoms with Crippen LogP contribution in [0.2, 0.25) is 0 Å². The number of nitrogens with one attached hydrogen (secondary N) is 1. The van der Waals surface area contributed by atoms with Gasteiger partial charge in [0.25, 0.3) is 0 Å². The minimum Gasteiger partial charge on any atom is -0.409 e. The van der Waals surface area contributed by atoms with E-state index in [2.05, 4.69) is 10.5 Å². The van der Waals surface area contributed by atoms with E-state index in [4.69, 9.17) is 10.9 Å². The highest BCUT2D eigenvalue weighted by atomic mass is 19.1. The molecular formula is C15H15F2N3O. The Labute approximate surface area is 120 Å². The molecule has 0 radical (unpaired) electrons. The van der Waals surface area contributed by atoms with Crippen molar-refractivity contribution in [3.05, 3.63) is 64.7 Å². The van der Waals surface area contributed by atoms with Gasteiger partial charge in [-0.2, -0.15) is 0 Å². The molecule has 0 spiro atoms. The lowest BCUT2D eigenvalue weighted by Gasteiger charge is -2.13. The molecule has 0 bridgehead atoms. The topological polar surface area (TPSA) is 70.6 Å². The summed E-state index contributed by atoms with van der Waals surface area (Å²) in [5.41, 5.74) is 7.58. The van der Waals surface area contributed by atoms with Gasteiger partial charge >= 0.3 is 0 Å². The van der Waals surface area contributed by atoms with Gasteiger partial charge in [-0.1, -0.05) is 17.3 Å². The maximum Gasteiger partial charge on any atom is 0.170 e. The second kappa shape index (κ2) is 6.21. The van der Waals surface area contributed by atoms with Crippen LogP contribution in [-0.2, 0) is 6.54 Å². The zero-order valence-electron chi connectivity index (χ0n) is 11.4. The SMILES string of the molecule is Cc1c(F)cccc1NCc1ccc(F)cc1C(N)=NO. The molecule has 2 aromatic rings. The van der Waals surface area contributed by atoms with Crippen LogP contribution in [0.3, 0.4) is 0 Å². The van der Waals surface area contributed by atoms with Gasteiger partial charge in [0, 0.05) is 23.4 Å². The first-order valence-electron chi connectivity index (χ1n) is 6.28. The Balaban J connectivity index is 2.26. The third kappa shape index (κ3) is 3.28. The van der Waals surface area contributed by atoms with Gasteiger partial charge in [-0.3, -0.25) is 0 Å². The molecule has 4 nitrogen and oxygen atoms in total. The number of oxime groups is 1. The van der Waals surface area contributed by atoms with E-state index in [9.17, 15) is 8.78 Å². The van der Waals surface area contributed by atoms with Crippen molar-refractivity contribution in [1.29, 1.82) is 0 Å². The molecule has 21 heavy (non-hydrogen) atoms. The fourth-order valence-electron chi connectivity index (χ4n) is 1.98. The average molecular weight is 291 g/mol. The number of halogens is 2. The Hall–Kier alpha value is -2.63. The highest BCUT2D eigenvalue weighted by molar-refractivity contribution is 5.98. The summed E-state index contributed by atoms with van der Waals surface area (Å²) in [6.45, 7) is 1.95. The summed E-state index contributed by atoms with van der Waals surface area (Å²) in [6, 6.07) is 8.71. The van der Waals surface area contributed by atoms with Crippen LogP contribution in [0.5, 0.6) is 0 Å². The molecule has 0 unspecified atom stereocenters. The molecule has 0 saturated carbocycles. The van der Waals surface area contributed by atoms with Crippen molar-refractivity contribution < 1.29 is 14.0 Å². The van der Waals surface area contributed by atoms with Crippen molar-refractivity contribution in [3.63, 3.8) is 0 Å². The Morgan fingerprint density at radius 1 is 1.29 bits per heavy atom. The lowest BCUT2D eigenvalue weighted by atomic mass is 10.1. The van der Waals surface area contributed by atoms with E-state index in [0.29, 0.717) is 22.4 Å². The van der Waals surface area contributed by atoms with E-state index in [0.717, 1.165) is 0 Å². The number of rotatable bonds is 4. The van der Waals surface area contributed by atoms with Crippen LogP contribution in [0.25, 0.3) is 0 Å². The maximum atomic E-state index is 13.5. The molecule has 0 aliphatic carbocycles. The minimum atomic E-state index is -0.484. The summed E-state index contributed by atoms with van der Waals surface area (Å²) in [5, 5.41) is 14.7. The lowest BCUT2D eigenvalue weighted by Crippen LogP contribution is -2.17. The molecular weight excluding hydrogens is 276 g/mol. The summed E-state index contributed by atoms with van der Waals surface area (Å²) < 4.78 is 26.7. The molecule has 0 heterocycles. The number of anilines is 1. The number of nitrogens with two attached hydrogens (primary N) is 1. The fourth-order valence-corrected chi connectivity index (χ4v) is 1.98. The number of hydrogen-bond donors (Lipinski definition) is 3. The lowest BCUT2D eigenvalue weighted by molar-refractivity contribution is 0.318. The predicted octanol–water partition coefficient (Wildman–Crippen LogP) is 2.98. The van der Waals surface area contributed by atoms with E-state index < -0.39 is 5.82 Å². The van der Waals surface area contributed by atoms with Crippen LogP contribution in [-0.4, -0.2) is 11.0 Å². The van der Waals surface area contributed by atoms with Gasteiger partial charge in [-0.15, -0.1) is 0 Å². The molecule has 110 valence electrons. The van der Waals surface area contributed by atoms with Gasteiger partial charge in [-0.25, -0.2) is 8.78 Å². The fraction of sp³-hybridized carbons (Fsp3) is 0.133. The van der Waals surface area contributed by atoms with Crippen LogP contribution in [0.15, 0.2) is 41.6 Å². The van der Waals surface area contributed by atoms with Crippen molar-refractivity contribution >= 4 is 11.5 Å². The number of amidine groups is 1. The van der Waals surface area contributed by atoms with Crippen molar-refractivity contribution in [3.8, 4) is 0 Å². The third-order valence-corrected chi connectivity index (χ3v) is 3.19. The van der Waals surface area contributed by atoms with Gasteiger partial charge < -0.3 is 16.3 Å². The zero-order valence-corrected chi connectivity index (χ0v) is 11.4. The first-order chi connectivity index (χ1) is 10.0. The Kier molecular flexibility index (Phi) is 4.37. The molecule has 2 rings (SSSR count). The number of hydrogen-bond acceptors (Lipinski definition) is 3. The van der Waals surface area contributed by atoms with Crippen molar-refractivity contribution in [2.24, 2.45) is 10.9 Å². The summed E-state index contributed by atoms with van der Waals surface area (Å²) in [7, 11) is 0. The monoisotopic (exact) mass is 291 g/mol. The summed E-state index contributed by atoms with van der Waals surface area (Å²) in [4.78, 5) is 0. The molecule has 0 amide bonds.